The quantitative estimate of drug-likeness (QED) is 0.326. The van der Waals surface area contributed by atoms with Gasteiger partial charge in [-0.05, 0) is 86.6 Å². The Bertz CT molecular complexity index is 1550. The number of aromatic amines is 1. The van der Waals surface area contributed by atoms with Crippen molar-refractivity contribution in [3.05, 3.63) is 98.2 Å². The number of hydrogen-bond acceptors (Lipinski definition) is 5. The minimum Gasteiger partial charge on any atom is -0.481 e. The van der Waals surface area contributed by atoms with Crippen LogP contribution in [-0.2, 0) is 16.0 Å². The molecule has 1 aliphatic rings. The number of hydrogen-bond donors (Lipinski definition) is 3. The van der Waals surface area contributed by atoms with E-state index in [1.54, 1.807) is 62.1 Å². The van der Waals surface area contributed by atoms with Gasteiger partial charge < -0.3 is 15.3 Å². The van der Waals surface area contributed by atoms with E-state index in [0.717, 1.165) is 11.1 Å². The maximum absolute atomic E-state index is 14.1. The first-order chi connectivity index (χ1) is 20.0. The molecule has 9 nitrogen and oxygen atoms in total. The van der Waals surface area contributed by atoms with E-state index in [4.69, 9.17) is 0 Å². The van der Waals surface area contributed by atoms with Gasteiger partial charge >= 0.3 is 5.97 Å². The number of carbonyl (C=O) groups is 3. The Morgan fingerprint density at radius 2 is 1.81 bits per heavy atom. The van der Waals surface area contributed by atoms with Gasteiger partial charge in [-0.3, -0.25) is 19.2 Å². The molecule has 10 heteroatoms. The van der Waals surface area contributed by atoms with Crippen LogP contribution in [0.2, 0.25) is 0 Å². The SMILES string of the molecule is CCC(CC)(C(=O)O)C1CCC(c2cccc(F)c2)N1C(=O)CNC(=O)c1ccc(Cc2cc(C)n[nH]c2=O)c(C)c1. The number of aryl methyl sites for hydroxylation is 2. The molecule has 0 aliphatic carbocycles. The number of aromatic nitrogens is 2. The topological polar surface area (TPSA) is 132 Å². The highest BCUT2D eigenvalue weighted by Gasteiger charge is 2.52. The fourth-order valence-electron chi connectivity index (χ4n) is 6.19. The lowest BCUT2D eigenvalue weighted by Gasteiger charge is -2.41. The highest BCUT2D eigenvalue weighted by molar-refractivity contribution is 5.97. The molecule has 1 aromatic heterocycles. The molecular formula is C32H37FN4O5. The van der Waals surface area contributed by atoms with Crippen LogP contribution in [0.25, 0.3) is 0 Å². The normalized spacial score (nSPS) is 16.8. The summed E-state index contributed by atoms with van der Waals surface area (Å²) in [4.78, 5) is 53.0. The Kier molecular flexibility index (Phi) is 9.23. The highest BCUT2D eigenvalue weighted by Crippen LogP contribution is 2.46. The molecule has 2 atom stereocenters. The average molecular weight is 577 g/mol. The molecule has 1 aliphatic heterocycles. The number of benzene rings is 2. The lowest BCUT2D eigenvalue weighted by Crippen LogP contribution is -2.53. The molecule has 0 spiro atoms. The molecule has 3 aromatic rings. The molecular weight excluding hydrogens is 539 g/mol. The number of H-pyrrole nitrogens is 1. The third-order valence-electron chi connectivity index (χ3n) is 8.63. The lowest BCUT2D eigenvalue weighted by molar-refractivity contribution is -0.156. The van der Waals surface area contributed by atoms with Gasteiger partial charge in [0.1, 0.15) is 5.82 Å². The second-order valence-corrected chi connectivity index (χ2v) is 11.0. The average Bonchev–Trinajstić information content (AvgIpc) is 3.41. The summed E-state index contributed by atoms with van der Waals surface area (Å²) in [6.07, 6.45) is 1.97. The van der Waals surface area contributed by atoms with Gasteiger partial charge in [-0.15, -0.1) is 0 Å². The minimum absolute atomic E-state index is 0.268. The van der Waals surface area contributed by atoms with Gasteiger partial charge in [0, 0.05) is 23.6 Å². The number of carboxylic acid groups (broad SMARTS) is 1. The summed E-state index contributed by atoms with van der Waals surface area (Å²) >= 11 is 0. The van der Waals surface area contributed by atoms with Gasteiger partial charge in [0.25, 0.3) is 11.5 Å². The van der Waals surface area contributed by atoms with Crippen molar-refractivity contribution >= 4 is 17.8 Å². The zero-order chi connectivity index (χ0) is 30.6. The van der Waals surface area contributed by atoms with Crippen LogP contribution >= 0.6 is 0 Å². The van der Waals surface area contributed by atoms with Crippen molar-refractivity contribution in [3.63, 3.8) is 0 Å². The third-order valence-corrected chi connectivity index (χ3v) is 8.63. The third kappa shape index (κ3) is 6.12. The largest absolute Gasteiger partial charge is 0.481 e. The van der Waals surface area contributed by atoms with Crippen molar-refractivity contribution in [3.8, 4) is 0 Å². The number of likely N-dealkylation sites (tertiary alicyclic amines) is 1. The molecule has 2 aromatic carbocycles. The van der Waals surface area contributed by atoms with Crippen LogP contribution < -0.4 is 10.9 Å². The number of carbonyl (C=O) groups excluding carboxylic acids is 2. The number of carboxylic acids is 1. The molecule has 42 heavy (non-hydrogen) atoms. The molecule has 1 fully saturated rings. The van der Waals surface area contributed by atoms with E-state index in [9.17, 15) is 28.7 Å². The molecule has 222 valence electrons. The van der Waals surface area contributed by atoms with Gasteiger partial charge in [0.15, 0.2) is 0 Å². The van der Waals surface area contributed by atoms with Crippen LogP contribution in [0.1, 0.15) is 83.9 Å². The van der Waals surface area contributed by atoms with E-state index in [-0.39, 0.29) is 12.1 Å². The predicted molar refractivity (Wildman–Crippen MR) is 156 cm³/mol. The molecule has 0 bridgehead atoms. The Balaban J connectivity index is 1.54. The predicted octanol–water partition coefficient (Wildman–Crippen LogP) is 4.47. The standard InChI is InChI=1S/C32H37FN4O5/c1-5-32(6-2,31(41)42)27-13-12-26(22-8-7-9-25(33)17-22)37(27)28(38)18-34-29(39)23-11-10-21(19(3)14-23)16-24-15-20(4)35-36-30(24)40/h7-11,14-15,17,26-27H,5-6,12-13,16,18H2,1-4H3,(H,34,39)(H,36,40)(H,41,42). The summed E-state index contributed by atoms with van der Waals surface area (Å²) in [6.45, 7) is 6.90. The maximum Gasteiger partial charge on any atom is 0.311 e. The van der Waals surface area contributed by atoms with E-state index in [2.05, 4.69) is 15.5 Å². The van der Waals surface area contributed by atoms with Crippen LogP contribution in [0, 0.1) is 25.1 Å². The highest BCUT2D eigenvalue weighted by atomic mass is 19.1. The van der Waals surface area contributed by atoms with Crippen molar-refractivity contribution in [2.24, 2.45) is 5.41 Å². The van der Waals surface area contributed by atoms with Crippen molar-refractivity contribution < 1.29 is 23.9 Å². The summed E-state index contributed by atoms with van der Waals surface area (Å²) in [6, 6.07) is 11.7. The van der Waals surface area contributed by atoms with Gasteiger partial charge in [0.2, 0.25) is 5.91 Å². The second-order valence-electron chi connectivity index (χ2n) is 11.0. The van der Waals surface area contributed by atoms with E-state index < -0.39 is 41.1 Å². The van der Waals surface area contributed by atoms with Crippen LogP contribution in [0.15, 0.2) is 53.3 Å². The fraction of sp³-hybridized carbons (Fsp3) is 0.406. The Labute approximate surface area is 244 Å². The first-order valence-corrected chi connectivity index (χ1v) is 14.2. The molecule has 2 amide bonds. The van der Waals surface area contributed by atoms with Crippen molar-refractivity contribution in [1.82, 2.24) is 20.4 Å². The van der Waals surface area contributed by atoms with Gasteiger partial charge in [-0.2, -0.15) is 5.10 Å². The van der Waals surface area contributed by atoms with E-state index >= 15 is 0 Å². The zero-order valence-electron chi connectivity index (χ0n) is 24.4. The van der Waals surface area contributed by atoms with Crippen LogP contribution in [0.5, 0.6) is 0 Å². The number of nitrogens with one attached hydrogen (secondary N) is 2. The second kappa shape index (κ2) is 12.7. The minimum atomic E-state index is -1.16. The molecule has 4 rings (SSSR count). The monoisotopic (exact) mass is 576 g/mol. The van der Waals surface area contributed by atoms with Crippen LogP contribution in [-0.4, -0.2) is 50.6 Å². The van der Waals surface area contributed by atoms with Gasteiger partial charge in [0.05, 0.1) is 23.7 Å². The smallest absolute Gasteiger partial charge is 0.311 e. The zero-order valence-corrected chi connectivity index (χ0v) is 24.4. The molecule has 2 heterocycles. The first-order valence-electron chi connectivity index (χ1n) is 14.2. The molecule has 0 saturated carbocycles. The lowest BCUT2D eigenvalue weighted by atomic mass is 9.74. The Hall–Kier alpha value is -4.34. The number of nitrogens with zero attached hydrogens (tertiary/aromatic N) is 2. The van der Waals surface area contributed by atoms with Crippen molar-refractivity contribution in [2.45, 2.75) is 71.9 Å². The van der Waals surface area contributed by atoms with E-state index in [1.807, 2.05) is 6.92 Å². The molecule has 2 unspecified atom stereocenters. The number of halogens is 1. The van der Waals surface area contributed by atoms with E-state index in [1.165, 1.54) is 12.1 Å². The summed E-state index contributed by atoms with van der Waals surface area (Å²) in [5.41, 5.74) is 2.47. The van der Waals surface area contributed by atoms with Crippen LogP contribution in [0.3, 0.4) is 0 Å². The first kappa shape index (κ1) is 30.6. The number of aliphatic carboxylic acids is 1. The maximum atomic E-state index is 14.1. The van der Waals surface area contributed by atoms with E-state index in [0.29, 0.717) is 54.5 Å². The summed E-state index contributed by atoms with van der Waals surface area (Å²) in [7, 11) is 0. The van der Waals surface area contributed by atoms with Crippen molar-refractivity contribution in [2.75, 3.05) is 6.54 Å². The summed E-state index contributed by atoms with van der Waals surface area (Å²) in [5.74, 6) is -2.29. The van der Waals surface area contributed by atoms with Gasteiger partial charge in [-0.1, -0.05) is 32.0 Å². The molecule has 3 N–H and O–H groups in total. The Morgan fingerprint density at radius 1 is 1.07 bits per heavy atom. The summed E-state index contributed by atoms with van der Waals surface area (Å²) < 4.78 is 14.1. The summed E-state index contributed by atoms with van der Waals surface area (Å²) in [5, 5.41) is 19.3. The van der Waals surface area contributed by atoms with Crippen LogP contribution in [0.4, 0.5) is 4.39 Å². The molecule has 0 radical (unpaired) electrons. The molecule has 1 saturated heterocycles. The van der Waals surface area contributed by atoms with Crippen molar-refractivity contribution in [1.29, 1.82) is 0 Å². The number of rotatable bonds is 10. The fourth-order valence-corrected chi connectivity index (χ4v) is 6.19. The number of amides is 2. The van der Waals surface area contributed by atoms with Gasteiger partial charge in [-0.25, -0.2) is 9.49 Å². The Morgan fingerprint density at radius 3 is 2.45 bits per heavy atom.